The molecule has 0 saturated carbocycles. The molecule has 0 heterocycles. The zero-order valence-corrected chi connectivity index (χ0v) is 6.06. The molecular formula is C6H10O2S. The average Bonchev–Trinajstić information content (AvgIpc) is 1.89. The molecule has 0 fully saturated rings. The first kappa shape index (κ1) is 8.56. The van der Waals surface area contributed by atoms with Crippen molar-refractivity contribution in [1.82, 2.24) is 0 Å². The van der Waals surface area contributed by atoms with Gasteiger partial charge in [0.2, 0.25) is 0 Å². The van der Waals surface area contributed by atoms with Gasteiger partial charge in [-0.15, -0.1) is 6.58 Å². The Labute approximate surface area is 60.5 Å². The predicted molar refractivity (Wildman–Crippen MR) is 39.1 cm³/mol. The molecule has 0 rings (SSSR count). The predicted octanol–water partition coefficient (Wildman–Crippen LogP) is 1.73. The van der Waals surface area contributed by atoms with E-state index in [4.69, 9.17) is 0 Å². The smallest absolute Gasteiger partial charge is 0.317 e. The summed E-state index contributed by atoms with van der Waals surface area (Å²) >= 11 is 3.34. The Morgan fingerprint density at radius 1 is 1.78 bits per heavy atom. The zero-order chi connectivity index (χ0) is 7.11. The molecule has 0 spiro atoms. The van der Waals surface area contributed by atoms with Crippen LogP contribution in [-0.4, -0.2) is 5.97 Å². The lowest BCUT2D eigenvalue weighted by Gasteiger charge is -1.92. The van der Waals surface area contributed by atoms with Crippen molar-refractivity contribution in [2.75, 3.05) is 0 Å². The minimum absolute atomic E-state index is 0.278. The van der Waals surface area contributed by atoms with Crippen molar-refractivity contribution in [2.24, 2.45) is 0 Å². The van der Waals surface area contributed by atoms with Gasteiger partial charge >= 0.3 is 5.97 Å². The van der Waals surface area contributed by atoms with Crippen molar-refractivity contribution in [1.29, 1.82) is 0 Å². The molecule has 0 saturated heterocycles. The maximum atomic E-state index is 10.4. The molecular weight excluding hydrogens is 136 g/mol. The minimum Gasteiger partial charge on any atom is -0.395 e. The molecule has 0 aromatic rings. The highest BCUT2D eigenvalue weighted by atomic mass is 32.1. The lowest BCUT2D eigenvalue weighted by atomic mass is 10.2. The molecule has 0 atom stereocenters. The van der Waals surface area contributed by atoms with Crippen molar-refractivity contribution in [3.05, 3.63) is 12.7 Å². The Hall–Kier alpha value is -0.440. The number of unbranched alkanes of at least 4 members (excludes halogenated alkanes) is 1. The number of carbonyl (C=O) groups excluding carboxylic acids is 1. The van der Waals surface area contributed by atoms with Crippen molar-refractivity contribution in [3.63, 3.8) is 0 Å². The maximum Gasteiger partial charge on any atom is 0.317 e. The topological polar surface area (TPSA) is 26.3 Å². The average molecular weight is 146 g/mol. The van der Waals surface area contributed by atoms with E-state index in [2.05, 4.69) is 23.7 Å². The van der Waals surface area contributed by atoms with Gasteiger partial charge in [-0.05, 0) is 12.8 Å². The Bertz CT molecular complexity index is 101. The van der Waals surface area contributed by atoms with Crippen molar-refractivity contribution in [3.8, 4) is 0 Å². The fourth-order valence-corrected chi connectivity index (χ4v) is 0.528. The fourth-order valence-electron chi connectivity index (χ4n) is 0.436. The summed E-state index contributed by atoms with van der Waals surface area (Å²) < 4.78 is 4.12. The molecule has 0 amide bonds. The third-order valence-corrected chi connectivity index (χ3v) is 1.09. The van der Waals surface area contributed by atoms with Crippen LogP contribution >= 0.6 is 12.9 Å². The molecule has 0 unspecified atom stereocenters. The molecule has 9 heavy (non-hydrogen) atoms. The Morgan fingerprint density at radius 3 is 2.89 bits per heavy atom. The van der Waals surface area contributed by atoms with E-state index in [1.54, 1.807) is 6.08 Å². The lowest BCUT2D eigenvalue weighted by molar-refractivity contribution is -0.132. The Balaban J connectivity index is 3.06. The van der Waals surface area contributed by atoms with Crippen LogP contribution in [0.1, 0.15) is 19.3 Å². The second-order valence-corrected chi connectivity index (χ2v) is 1.83. The van der Waals surface area contributed by atoms with Crippen molar-refractivity contribution < 1.29 is 8.98 Å². The summed E-state index contributed by atoms with van der Waals surface area (Å²) in [4.78, 5) is 10.4. The Kier molecular flexibility index (Phi) is 5.41. The van der Waals surface area contributed by atoms with Gasteiger partial charge in [0.15, 0.2) is 0 Å². The van der Waals surface area contributed by atoms with Crippen LogP contribution < -0.4 is 0 Å². The maximum absolute atomic E-state index is 10.4. The van der Waals surface area contributed by atoms with E-state index in [-0.39, 0.29) is 5.97 Å². The molecule has 0 bridgehead atoms. The van der Waals surface area contributed by atoms with Gasteiger partial charge in [-0.1, -0.05) is 6.08 Å². The number of thiol groups is 1. The summed E-state index contributed by atoms with van der Waals surface area (Å²) in [6.45, 7) is 3.51. The van der Waals surface area contributed by atoms with E-state index in [1.165, 1.54) is 0 Å². The lowest BCUT2D eigenvalue weighted by Crippen LogP contribution is -1.94. The second-order valence-electron chi connectivity index (χ2n) is 1.64. The number of allylic oxidation sites excluding steroid dienone is 1. The summed E-state index contributed by atoms with van der Waals surface area (Å²) in [5.41, 5.74) is 0. The first-order valence-electron chi connectivity index (χ1n) is 2.76. The molecule has 0 radical (unpaired) electrons. The molecule has 0 aromatic heterocycles. The SMILES string of the molecule is C=CCCCC(=O)OS. The third kappa shape index (κ3) is 5.43. The molecule has 0 N–H and O–H groups in total. The van der Waals surface area contributed by atoms with Gasteiger partial charge in [0.1, 0.15) is 0 Å². The molecule has 0 aliphatic rings. The van der Waals surface area contributed by atoms with Gasteiger partial charge in [0.05, 0.1) is 0 Å². The highest BCUT2D eigenvalue weighted by Crippen LogP contribution is 1.98. The van der Waals surface area contributed by atoms with E-state index in [9.17, 15) is 4.79 Å². The number of carbonyl (C=O) groups is 1. The first-order valence-corrected chi connectivity index (χ1v) is 3.13. The van der Waals surface area contributed by atoms with Gasteiger partial charge in [-0.3, -0.25) is 4.79 Å². The largest absolute Gasteiger partial charge is 0.395 e. The van der Waals surface area contributed by atoms with Crippen LogP contribution in [-0.2, 0) is 8.98 Å². The summed E-state index contributed by atoms with van der Waals surface area (Å²) in [5.74, 6) is -0.278. The van der Waals surface area contributed by atoms with Crippen LogP contribution in [0.2, 0.25) is 0 Å². The first-order chi connectivity index (χ1) is 4.31. The molecule has 0 aliphatic heterocycles. The van der Waals surface area contributed by atoms with E-state index < -0.39 is 0 Å². The van der Waals surface area contributed by atoms with Crippen LogP contribution in [0.15, 0.2) is 12.7 Å². The number of rotatable bonds is 4. The summed E-state index contributed by atoms with van der Waals surface area (Å²) in [7, 11) is 0. The standard InChI is InChI=1S/C6H10O2S/c1-2-3-4-5-6(7)8-9/h2,9H,1,3-5H2. The molecule has 52 valence electrons. The minimum atomic E-state index is -0.278. The normalized spacial score (nSPS) is 8.56. The zero-order valence-electron chi connectivity index (χ0n) is 5.17. The van der Waals surface area contributed by atoms with E-state index in [0.29, 0.717) is 6.42 Å². The van der Waals surface area contributed by atoms with Crippen LogP contribution in [0.5, 0.6) is 0 Å². The van der Waals surface area contributed by atoms with Gasteiger partial charge < -0.3 is 4.18 Å². The van der Waals surface area contributed by atoms with Gasteiger partial charge in [-0.25, -0.2) is 0 Å². The number of hydrogen-bond acceptors (Lipinski definition) is 3. The van der Waals surface area contributed by atoms with Gasteiger partial charge in [-0.2, -0.15) is 0 Å². The van der Waals surface area contributed by atoms with Gasteiger partial charge in [0, 0.05) is 19.3 Å². The fraction of sp³-hybridized carbons (Fsp3) is 0.500. The Morgan fingerprint density at radius 2 is 2.44 bits per heavy atom. The van der Waals surface area contributed by atoms with E-state index >= 15 is 0 Å². The summed E-state index contributed by atoms with van der Waals surface area (Å²) in [6, 6.07) is 0. The molecule has 3 heteroatoms. The highest BCUT2D eigenvalue weighted by Gasteiger charge is 1.96. The van der Waals surface area contributed by atoms with Crippen molar-refractivity contribution >= 4 is 18.9 Å². The number of hydrogen-bond donors (Lipinski definition) is 1. The summed E-state index contributed by atoms with van der Waals surface area (Å²) in [6.07, 6.45) is 3.84. The molecule has 0 aliphatic carbocycles. The van der Waals surface area contributed by atoms with Gasteiger partial charge in [0.25, 0.3) is 0 Å². The monoisotopic (exact) mass is 146 g/mol. The van der Waals surface area contributed by atoms with Crippen LogP contribution in [0, 0.1) is 0 Å². The van der Waals surface area contributed by atoms with Crippen LogP contribution in [0.4, 0.5) is 0 Å². The third-order valence-electron chi connectivity index (χ3n) is 0.891. The summed E-state index contributed by atoms with van der Waals surface area (Å²) in [5, 5.41) is 0. The van der Waals surface area contributed by atoms with Crippen LogP contribution in [0.25, 0.3) is 0 Å². The van der Waals surface area contributed by atoms with Crippen LogP contribution in [0.3, 0.4) is 0 Å². The molecule has 2 nitrogen and oxygen atoms in total. The highest BCUT2D eigenvalue weighted by molar-refractivity contribution is 7.75. The van der Waals surface area contributed by atoms with E-state index in [1.807, 2.05) is 0 Å². The van der Waals surface area contributed by atoms with Crippen molar-refractivity contribution in [2.45, 2.75) is 19.3 Å². The molecule has 0 aromatic carbocycles. The van der Waals surface area contributed by atoms with E-state index in [0.717, 1.165) is 12.8 Å². The quantitative estimate of drug-likeness (QED) is 0.283. The second kappa shape index (κ2) is 5.69.